The van der Waals surface area contributed by atoms with Crippen molar-refractivity contribution in [3.8, 4) is 11.5 Å². The van der Waals surface area contributed by atoms with E-state index in [1.807, 2.05) is 12.1 Å². The van der Waals surface area contributed by atoms with Crippen LogP contribution >= 0.6 is 0 Å². The quantitative estimate of drug-likeness (QED) is 0.891. The molecule has 0 bridgehead atoms. The van der Waals surface area contributed by atoms with Crippen LogP contribution in [0.1, 0.15) is 19.3 Å². The summed E-state index contributed by atoms with van der Waals surface area (Å²) in [6, 6.07) is 5.33. The monoisotopic (exact) mass is 290 g/mol. The number of rotatable bonds is 4. The molecule has 21 heavy (non-hydrogen) atoms. The molecule has 0 radical (unpaired) electrons. The molecule has 1 aliphatic carbocycles. The molecule has 2 aliphatic rings. The number of fused-ring (bicyclic) bond motifs is 1. The maximum Gasteiger partial charge on any atom is 0.241 e. The van der Waals surface area contributed by atoms with Gasteiger partial charge in [-0.3, -0.25) is 4.79 Å². The van der Waals surface area contributed by atoms with Gasteiger partial charge in [-0.15, -0.1) is 0 Å². The van der Waals surface area contributed by atoms with Gasteiger partial charge in [0.15, 0.2) is 0 Å². The Morgan fingerprint density at radius 3 is 2.57 bits per heavy atom. The normalized spacial score (nSPS) is 27.2. The molecular formula is C16H22N2O3. The van der Waals surface area contributed by atoms with Crippen LogP contribution in [0.3, 0.4) is 0 Å². The van der Waals surface area contributed by atoms with Gasteiger partial charge in [-0.25, -0.2) is 0 Å². The van der Waals surface area contributed by atoms with Crippen molar-refractivity contribution >= 4 is 11.6 Å². The highest BCUT2D eigenvalue weighted by Gasteiger charge is 2.42. The average Bonchev–Trinajstić information content (AvgIpc) is 3.09. The molecule has 1 aromatic rings. The molecule has 2 N–H and O–H groups in total. The van der Waals surface area contributed by atoms with Crippen LogP contribution < -0.4 is 20.1 Å². The molecule has 114 valence electrons. The van der Waals surface area contributed by atoms with Crippen molar-refractivity contribution in [1.82, 2.24) is 5.32 Å². The molecule has 3 unspecified atom stereocenters. The van der Waals surface area contributed by atoms with Gasteiger partial charge in [0.2, 0.25) is 5.91 Å². The molecule has 1 saturated carbocycles. The highest BCUT2D eigenvalue weighted by molar-refractivity contribution is 5.95. The second-order valence-corrected chi connectivity index (χ2v) is 5.83. The molecule has 1 aromatic carbocycles. The largest absolute Gasteiger partial charge is 0.497 e. The summed E-state index contributed by atoms with van der Waals surface area (Å²) < 4.78 is 10.5. The number of carbonyl (C=O) groups is 1. The Labute approximate surface area is 125 Å². The molecule has 0 aromatic heterocycles. The Balaban J connectivity index is 1.72. The van der Waals surface area contributed by atoms with E-state index in [4.69, 9.17) is 9.47 Å². The van der Waals surface area contributed by atoms with Gasteiger partial charge in [0.05, 0.1) is 20.3 Å². The first-order valence-electron chi connectivity index (χ1n) is 7.48. The van der Waals surface area contributed by atoms with Crippen LogP contribution in [-0.2, 0) is 4.79 Å². The van der Waals surface area contributed by atoms with Crippen LogP contribution in [0.25, 0.3) is 0 Å². The first kappa shape index (κ1) is 14.2. The van der Waals surface area contributed by atoms with E-state index < -0.39 is 0 Å². The standard InChI is InChI=1S/C16H22N2O3/c1-20-12-6-11(7-13(8-12)21-2)18-16(19)15-14-5-3-4-10(14)9-17-15/h6-8,10,14-15,17H,3-5,9H2,1-2H3,(H,18,19). The second kappa shape index (κ2) is 5.93. The zero-order chi connectivity index (χ0) is 14.8. The van der Waals surface area contributed by atoms with Gasteiger partial charge >= 0.3 is 0 Å². The number of amides is 1. The van der Waals surface area contributed by atoms with Gasteiger partial charge in [-0.1, -0.05) is 6.42 Å². The zero-order valence-corrected chi connectivity index (χ0v) is 12.5. The van der Waals surface area contributed by atoms with E-state index in [9.17, 15) is 4.79 Å². The Morgan fingerprint density at radius 2 is 1.90 bits per heavy atom. The van der Waals surface area contributed by atoms with E-state index in [-0.39, 0.29) is 11.9 Å². The fourth-order valence-corrected chi connectivity index (χ4v) is 3.57. The molecular weight excluding hydrogens is 268 g/mol. The number of hydrogen-bond acceptors (Lipinski definition) is 4. The molecule has 1 amide bonds. The van der Waals surface area contributed by atoms with Crippen LogP contribution in [0.5, 0.6) is 11.5 Å². The summed E-state index contributed by atoms with van der Waals surface area (Å²) in [6.45, 7) is 0.962. The molecule has 3 rings (SSSR count). The van der Waals surface area contributed by atoms with Crippen molar-refractivity contribution in [2.45, 2.75) is 25.3 Å². The predicted octanol–water partition coefficient (Wildman–Crippen LogP) is 2.03. The van der Waals surface area contributed by atoms with E-state index in [1.54, 1.807) is 20.3 Å². The second-order valence-electron chi connectivity index (χ2n) is 5.83. The number of nitrogens with one attached hydrogen (secondary N) is 2. The minimum absolute atomic E-state index is 0.0414. The molecule has 0 spiro atoms. The van der Waals surface area contributed by atoms with Gasteiger partial charge < -0.3 is 20.1 Å². The number of ether oxygens (including phenoxy) is 2. The van der Waals surface area contributed by atoms with E-state index >= 15 is 0 Å². The number of benzene rings is 1. The molecule has 5 nitrogen and oxygen atoms in total. The summed E-state index contributed by atoms with van der Waals surface area (Å²) in [4.78, 5) is 12.5. The number of hydrogen-bond donors (Lipinski definition) is 2. The Bertz CT molecular complexity index is 510. The molecule has 2 fully saturated rings. The maximum atomic E-state index is 12.5. The van der Waals surface area contributed by atoms with E-state index in [2.05, 4.69) is 10.6 Å². The van der Waals surface area contributed by atoms with Crippen molar-refractivity contribution in [3.63, 3.8) is 0 Å². The van der Waals surface area contributed by atoms with Crippen molar-refractivity contribution < 1.29 is 14.3 Å². The minimum atomic E-state index is -0.0744. The fourth-order valence-electron chi connectivity index (χ4n) is 3.57. The van der Waals surface area contributed by atoms with Gasteiger partial charge in [0, 0.05) is 23.9 Å². The summed E-state index contributed by atoms with van der Waals surface area (Å²) in [5.41, 5.74) is 0.708. The maximum absolute atomic E-state index is 12.5. The first-order valence-corrected chi connectivity index (χ1v) is 7.48. The lowest BCUT2D eigenvalue weighted by atomic mass is 9.93. The van der Waals surface area contributed by atoms with Gasteiger partial charge in [0.1, 0.15) is 11.5 Å². The smallest absolute Gasteiger partial charge is 0.241 e. The SMILES string of the molecule is COc1cc(NC(=O)C2NCC3CCCC32)cc(OC)c1. The summed E-state index contributed by atoms with van der Waals surface area (Å²) in [5.74, 6) is 2.53. The van der Waals surface area contributed by atoms with Crippen molar-refractivity contribution in [1.29, 1.82) is 0 Å². The summed E-state index contributed by atoms with van der Waals surface area (Å²) in [7, 11) is 3.20. The van der Waals surface area contributed by atoms with Crippen LogP contribution in [-0.4, -0.2) is 32.7 Å². The van der Waals surface area contributed by atoms with Crippen molar-refractivity contribution in [2.24, 2.45) is 11.8 Å². The van der Waals surface area contributed by atoms with E-state index in [0.717, 1.165) is 13.0 Å². The lowest BCUT2D eigenvalue weighted by molar-refractivity contribution is -0.118. The van der Waals surface area contributed by atoms with E-state index in [0.29, 0.717) is 29.0 Å². The molecule has 1 aliphatic heterocycles. The van der Waals surface area contributed by atoms with Gasteiger partial charge in [-0.2, -0.15) is 0 Å². The predicted molar refractivity (Wildman–Crippen MR) is 80.8 cm³/mol. The third-order valence-corrected chi connectivity index (χ3v) is 4.65. The zero-order valence-electron chi connectivity index (χ0n) is 12.5. The third-order valence-electron chi connectivity index (χ3n) is 4.65. The first-order chi connectivity index (χ1) is 10.2. The highest BCUT2D eigenvalue weighted by Crippen LogP contribution is 2.38. The number of anilines is 1. The van der Waals surface area contributed by atoms with Crippen LogP contribution in [0.2, 0.25) is 0 Å². The summed E-state index contributed by atoms with van der Waals surface area (Å²) in [6.07, 6.45) is 3.64. The Kier molecular flexibility index (Phi) is 4.01. The minimum Gasteiger partial charge on any atom is -0.497 e. The lowest BCUT2D eigenvalue weighted by Gasteiger charge is -2.18. The summed E-state index contributed by atoms with van der Waals surface area (Å²) >= 11 is 0. The molecule has 3 atom stereocenters. The van der Waals surface area contributed by atoms with Crippen molar-refractivity contribution in [3.05, 3.63) is 18.2 Å². The molecule has 1 saturated heterocycles. The van der Waals surface area contributed by atoms with Crippen LogP contribution in [0.15, 0.2) is 18.2 Å². The van der Waals surface area contributed by atoms with Gasteiger partial charge in [-0.05, 0) is 31.2 Å². The number of methoxy groups -OCH3 is 2. The number of carbonyl (C=O) groups excluding carboxylic acids is 1. The highest BCUT2D eigenvalue weighted by atomic mass is 16.5. The lowest BCUT2D eigenvalue weighted by Crippen LogP contribution is -2.39. The Hall–Kier alpha value is -1.75. The Morgan fingerprint density at radius 1 is 1.19 bits per heavy atom. The van der Waals surface area contributed by atoms with Gasteiger partial charge in [0.25, 0.3) is 0 Å². The van der Waals surface area contributed by atoms with E-state index in [1.165, 1.54) is 12.8 Å². The summed E-state index contributed by atoms with van der Waals surface area (Å²) in [5, 5.41) is 6.35. The third kappa shape index (κ3) is 2.83. The molecule has 1 heterocycles. The fraction of sp³-hybridized carbons (Fsp3) is 0.562. The van der Waals surface area contributed by atoms with Crippen LogP contribution in [0.4, 0.5) is 5.69 Å². The topological polar surface area (TPSA) is 59.6 Å². The van der Waals surface area contributed by atoms with Crippen molar-refractivity contribution in [2.75, 3.05) is 26.1 Å². The van der Waals surface area contributed by atoms with Crippen LogP contribution in [0, 0.1) is 11.8 Å². The average molecular weight is 290 g/mol. The molecule has 5 heteroatoms.